The smallest absolute Gasteiger partial charge is 0.122 e. The molecule has 0 saturated heterocycles. The van der Waals surface area contributed by atoms with Gasteiger partial charge in [-0.15, -0.1) is 0 Å². The summed E-state index contributed by atoms with van der Waals surface area (Å²) in [5.41, 5.74) is 4.21. The summed E-state index contributed by atoms with van der Waals surface area (Å²) in [6, 6.07) is 4.88. The molecule has 0 aromatic heterocycles. The lowest BCUT2D eigenvalue weighted by atomic mass is 9.75. The summed E-state index contributed by atoms with van der Waals surface area (Å²) >= 11 is 0. The number of aromatic hydroxyl groups is 1. The molecule has 3 N–H and O–H groups in total. The Morgan fingerprint density at radius 1 is 0.519 bits per heavy atom. The second-order valence-electron chi connectivity index (χ2n) is 9.05. The van der Waals surface area contributed by atoms with Crippen LogP contribution < -0.4 is 0 Å². The van der Waals surface area contributed by atoms with Crippen molar-refractivity contribution in [2.45, 2.75) is 114 Å². The van der Waals surface area contributed by atoms with E-state index in [0.29, 0.717) is 17.6 Å². The molecule has 3 aliphatic carbocycles. The zero-order valence-corrected chi connectivity index (χ0v) is 16.8. The molecule has 4 rings (SSSR count). The van der Waals surface area contributed by atoms with Crippen LogP contribution in [0.15, 0.2) is 12.1 Å². The molecule has 0 spiro atoms. The third-order valence-corrected chi connectivity index (χ3v) is 7.36. The van der Waals surface area contributed by atoms with Gasteiger partial charge in [-0.1, -0.05) is 69.9 Å². The molecule has 3 fully saturated rings. The van der Waals surface area contributed by atoms with Crippen molar-refractivity contribution < 1.29 is 15.6 Å². The molecular formula is C24H38O3. The van der Waals surface area contributed by atoms with Crippen molar-refractivity contribution in [1.29, 1.82) is 0 Å². The summed E-state index contributed by atoms with van der Waals surface area (Å²) in [4.78, 5) is 0. The fraction of sp³-hybridized carbons (Fsp3) is 0.750. The summed E-state index contributed by atoms with van der Waals surface area (Å²) in [7, 11) is 0. The number of phenolic OH excluding ortho intramolecular Hbond substituents is 1. The summed E-state index contributed by atoms with van der Waals surface area (Å²) in [6.45, 7) is 0. The van der Waals surface area contributed by atoms with Gasteiger partial charge >= 0.3 is 0 Å². The molecule has 0 amide bonds. The zero-order valence-electron chi connectivity index (χ0n) is 16.8. The Bertz CT molecular complexity index is 526. The molecule has 1 aromatic rings. The zero-order chi connectivity index (χ0) is 19.1. The van der Waals surface area contributed by atoms with Crippen LogP contribution in [0.4, 0.5) is 0 Å². The average molecular weight is 375 g/mol. The van der Waals surface area contributed by atoms with E-state index in [1.165, 1.54) is 107 Å². The second kappa shape index (κ2) is 10.5. The van der Waals surface area contributed by atoms with Crippen molar-refractivity contribution in [2.75, 3.05) is 0 Å². The van der Waals surface area contributed by atoms with Gasteiger partial charge in [0.05, 0.1) is 0 Å². The van der Waals surface area contributed by atoms with E-state index in [-0.39, 0.29) is 0 Å². The van der Waals surface area contributed by atoms with Crippen LogP contribution in [0.25, 0.3) is 0 Å². The number of benzene rings is 1. The van der Waals surface area contributed by atoms with Gasteiger partial charge in [0.2, 0.25) is 0 Å². The van der Waals surface area contributed by atoms with Crippen LogP contribution >= 0.6 is 0 Å². The van der Waals surface area contributed by atoms with Crippen LogP contribution in [0, 0.1) is 0 Å². The minimum Gasteiger partial charge on any atom is -0.507 e. The van der Waals surface area contributed by atoms with E-state index in [1.807, 2.05) is 0 Å². The second-order valence-corrected chi connectivity index (χ2v) is 9.05. The van der Waals surface area contributed by atoms with Crippen molar-refractivity contribution in [3.05, 3.63) is 28.8 Å². The number of hydrogen-bond acceptors (Lipinski definition) is 3. The molecule has 0 bridgehead atoms. The first kappa shape index (κ1) is 20.7. The summed E-state index contributed by atoms with van der Waals surface area (Å²) in [6.07, 6.45) is 20.2. The summed E-state index contributed by atoms with van der Waals surface area (Å²) in [5.74, 6) is 2.66. The molecule has 0 aliphatic heterocycles. The number of phenols is 1. The van der Waals surface area contributed by atoms with Crippen LogP contribution in [-0.2, 0) is 0 Å². The van der Waals surface area contributed by atoms with E-state index in [4.69, 9.17) is 10.5 Å². The Hall–Kier alpha value is -1.06. The molecule has 27 heavy (non-hydrogen) atoms. The first-order chi connectivity index (χ1) is 13.3. The van der Waals surface area contributed by atoms with Gasteiger partial charge in [-0.3, -0.25) is 10.5 Å². The molecule has 3 aliphatic rings. The van der Waals surface area contributed by atoms with Crippen molar-refractivity contribution >= 4 is 0 Å². The van der Waals surface area contributed by atoms with Gasteiger partial charge in [0.1, 0.15) is 5.75 Å². The fourth-order valence-corrected chi connectivity index (χ4v) is 5.83. The van der Waals surface area contributed by atoms with E-state index >= 15 is 0 Å². The highest BCUT2D eigenvalue weighted by molar-refractivity contribution is 5.48. The third-order valence-electron chi connectivity index (χ3n) is 7.36. The van der Waals surface area contributed by atoms with Gasteiger partial charge in [0.25, 0.3) is 0 Å². The molecule has 3 nitrogen and oxygen atoms in total. The van der Waals surface area contributed by atoms with E-state index in [2.05, 4.69) is 12.1 Å². The lowest BCUT2D eigenvalue weighted by molar-refractivity contribution is -0.176. The highest BCUT2D eigenvalue weighted by Gasteiger charge is 2.27. The normalized spacial score (nSPS) is 22.9. The van der Waals surface area contributed by atoms with Crippen molar-refractivity contribution in [2.24, 2.45) is 0 Å². The maximum atomic E-state index is 11.2. The molecule has 0 unspecified atom stereocenters. The van der Waals surface area contributed by atoms with Crippen molar-refractivity contribution in [1.82, 2.24) is 0 Å². The van der Waals surface area contributed by atoms with E-state index in [1.54, 1.807) is 5.56 Å². The van der Waals surface area contributed by atoms with Gasteiger partial charge in [0, 0.05) is 0 Å². The van der Waals surface area contributed by atoms with E-state index in [0.717, 1.165) is 5.92 Å². The topological polar surface area (TPSA) is 60.7 Å². The average Bonchev–Trinajstić information content (AvgIpc) is 2.77. The maximum Gasteiger partial charge on any atom is 0.122 e. The predicted molar refractivity (Wildman–Crippen MR) is 111 cm³/mol. The molecule has 3 heteroatoms. The van der Waals surface area contributed by atoms with Gasteiger partial charge in [0.15, 0.2) is 0 Å². The fourth-order valence-electron chi connectivity index (χ4n) is 5.83. The first-order valence-corrected chi connectivity index (χ1v) is 11.4. The van der Waals surface area contributed by atoms with Crippen LogP contribution in [0.1, 0.15) is 131 Å². The Balaban J connectivity index is 0.00000102. The van der Waals surface area contributed by atoms with Gasteiger partial charge in [-0.25, -0.2) is 0 Å². The van der Waals surface area contributed by atoms with Crippen LogP contribution in [0.2, 0.25) is 0 Å². The molecular weight excluding hydrogens is 336 g/mol. The Labute approximate surface area is 164 Å². The minimum absolute atomic E-state index is 0.611. The standard InChI is InChI=1S/C24H36O.H2O2/c25-24-22(19-12-6-2-7-13-19)16-21(18-10-4-1-5-11-18)17-23(24)20-14-8-3-9-15-20;1-2/h16-20,25H,1-15H2;1-2H. The highest BCUT2D eigenvalue weighted by atomic mass is 17.0. The van der Waals surface area contributed by atoms with Gasteiger partial charge in [-0.05, 0) is 73.0 Å². The molecule has 0 atom stereocenters. The van der Waals surface area contributed by atoms with Gasteiger partial charge in [-0.2, -0.15) is 0 Å². The molecule has 1 aromatic carbocycles. The Morgan fingerprint density at radius 3 is 1.22 bits per heavy atom. The Kier molecular flexibility index (Phi) is 8.02. The molecule has 0 heterocycles. The largest absolute Gasteiger partial charge is 0.507 e. The van der Waals surface area contributed by atoms with E-state index < -0.39 is 0 Å². The van der Waals surface area contributed by atoms with Crippen LogP contribution in [-0.4, -0.2) is 15.6 Å². The molecule has 0 radical (unpaired) electrons. The number of hydrogen-bond donors (Lipinski definition) is 3. The summed E-state index contributed by atoms with van der Waals surface area (Å²) in [5, 5.41) is 23.2. The Morgan fingerprint density at radius 2 is 0.852 bits per heavy atom. The molecule has 152 valence electrons. The maximum absolute atomic E-state index is 11.2. The van der Waals surface area contributed by atoms with Crippen molar-refractivity contribution in [3.63, 3.8) is 0 Å². The lowest BCUT2D eigenvalue weighted by Gasteiger charge is -2.30. The molecule has 3 saturated carbocycles. The monoisotopic (exact) mass is 374 g/mol. The quantitative estimate of drug-likeness (QED) is 0.378. The lowest BCUT2D eigenvalue weighted by Crippen LogP contribution is -2.12. The van der Waals surface area contributed by atoms with Crippen LogP contribution in [0.5, 0.6) is 5.75 Å². The number of rotatable bonds is 3. The third kappa shape index (κ3) is 5.06. The van der Waals surface area contributed by atoms with Gasteiger partial charge < -0.3 is 5.11 Å². The highest BCUT2D eigenvalue weighted by Crippen LogP contribution is 2.46. The first-order valence-electron chi connectivity index (χ1n) is 11.4. The predicted octanol–water partition coefficient (Wildman–Crippen LogP) is 7.55. The minimum atomic E-state index is 0.611. The van der Waals surface area contributed by atoms with Crippen LogP contribution in [0.3, 0.4) is 0 Å². The SMILES string of the molecule is OO.Oc1c(C2CCCCC2)cc(C2CCCCC2)cc1C1CCCCC1. The van der Waals surface area contributed by atoms with Crippen molar-refractivity contribution in [3.8, 4) is 5.75 Å². The summed E-state index contributed by atoms with van der Waals surface area (Å²) < 4.78 is 0. The van der Waals surface area contributed by atoms with E-state index in [9.17, 15) is 5.11 Å².